The van der Waals surface area contributed by atoms with Crippen molar-refractivity contribution in [2.45, 2.75) is 0 Å². The molecule has 0 atom stereocenters. The highest BCUT2D eigenvalue weighted by Crippen LogP contribution is 2.20. The highest BCUT2D eigenvalue weighted by Gasteiger charge is 2.09. The van der Waals surface area contributed by atoms with Crippen molar-refractivity contribution in [3.05, 3.63) is 34.6 Å². The minimum Gasteiger partial charge on any atom is -0.289 e. The Kier molecular flexibility index (Phi) is 2.47. The molecule has 1 N–H and O–H groups in total. The number of halogens is 3. The molecule has 0 amide bonds. The summed E-state index contributed by atoms with van der Waals surface area (Å²) in [7, 11) is 0. The molecule has 1 nitrogen and oxygen atoms in total. The van der Waals surface area contributed by atoms with E-state index in [1.165, 1.54) is 18.2 Å². The van der Waals surface area contributed by atoms with Crippen molar-refractivity contribution in [2.24, 2.45) is 0 Å². The zero-order chi connectivity index (χ0) is 8.43. The third-order valence-corrected chi connectivity index (χ3v) is 1.69. The van der Waals surface area contributed by atoms with E-state index in [4.69, 9.17) is 28.6 Å². The van der Waals surface area contributed by atoms with E-state index in [-0.39, 0.29) is 15.8 Å². The molecular formula is C7H4Cl2FN. The number of hydrogen-bond acceptors (Lipinski definition) is 1. The molecule has 0 saturated heterocycles. The third-order valence-electron chi connectivity index (χ3n) is 1.18. The summed E-state index contributed by atoms with van der Waals surface area (Å²) < 4.78 is 12.8. The maximum absolute atomic E-state index is 12.8. The van der Waals surface area contributed by atoms with E-state index in [1.54, 1.807) is 0 Å². The van der Waals surface area contributed by atoms with Gasteiger partial charge in [0.1, 0.15) is 11.0 Å². The van der Waals surface area contributed by atoms with E-state index in [0.29, 0.717) is 0 Å². The van der Waals surface area contributed by atoms with Crippen LogP contribution in [0.15, 0.2) is 18.2 Å². The van der Waals surface area contributed by atoms with Gasteiger partial charge in [-0.15, -0.1) is 0 Å². The lowest BCUT2D eigenvalue weighted by Gasteiger charge is -1.99. The van der Waals surface area contributed by atoms with Crippen LogP contribution < -0.4 is 0 Å². The Morgan fingerprint density at radius 3 is 2.45 bits per heavy atom. The Labute approximate surface area is 73.3 Å². The van der Waals surface area contributed by atoms with Crippen molar-refractivity contribution in [1.29, 1.82) is 5.41 Å². The Hall–Kier alpha value is -0.600. The quantitative estimate of drug-likeness (QED) is 0.661. The van der Waals surface area contributed by atoms with Crippen LogP contribution in [0.25, 0.3) is 0 Å². The fourth-order valence-corrected chi connectivity index (χ4v) is 1.21. The summed E-state index contributed by atoms with van der Waals surface area (Å²) in [5, 5.41) is 6.73. The molecule has 1 rings (SSSR count). The average molecular weight is 192 g/mol. The largest absolute Gasteiger partial charge is 0.289 e. The average Bonchev–Trinajstić information content (AvgIpc) is 1.85. The standard InChI is InChI=1S/C7H4Cl2FN/c8-4-2-1-3-5(10)6(4)7(9)11/h1-3,11H. The lowest BCUT2D eigenvalue weighted by molar-refractivity contribution is 0.625. The van der Waals surface area contributed by atoms with E-state index in [0.717, 1.165) is 0 Å². The zero-order valence-electron chi connectivity index (χ0n) is 5.37. The van der Waals surface area contributed by atoms with E-state index >= 15 is 0 Å². The smallest absolute Gasteiger partial charge is 0.135 e. The molecule has 1 aromatic rings. The van der Waals surface area contributed by atoms with Gasteiger partial charge in [-0.05, 0) is 12.1 Å². The van der Waals surface area contributed by atoms with Gasteiger partial charge in [0.2, 0.25) is 0 Å². The number of nitrogens with one attached hydrogen (secondary N) is 1. The van der Waals surface area contributed by atoms with Gasteiger partial charge in [-0.1, -0.05) is 29.3 Å². The van der Waals surface area contributed by atoms with Gasteiger partial charge in [0.05, 0.1) is 10.6 Å². The van der Waals surface area contributed by atoms with E-state index in [2.05, 4.69) is 0 Å². The molecule has 11 heavy (non-hydrogen) atoms. The molecule has 0 aliphatic carbocycles. The summed E-state index contributed by atoms with van der Waals surface area (Å²) in [6, 6.07) is 4.15. The number of hydrogen-bond donors (Lipinski definition) is 1. The van der Waals surface area contributed by atoms with Gasteiger partial charge in [-0.2, -0.15) is 0 Å². The maximum Gasteiger partial charge on any atom is 0.135 e. The SMILES string of the molecule is N=C(Cl)c1c(F)cccc1Cl. The predicted molar refractivity (Wildman–Crippen MR) is 44.1 cm³/mol. The second-order valence-corrected chi connectivity index (χ2v) is 2.70. The lowest BCUT2D eigenvalue weighted by Crippen LogP contribution is -1.94. The third kappa shape index (κ3) is 1.70. The molecule has 0 aromatic heterocycles. The first-order valence-electron chi connectivity index (χ1n) is 2.81. The van der Waals surface area contributed by atoms with Gasteiger partial charge in [-0.25, -0.2) is 4.39 Å². The van der Waals surface area contributed by atoms with Gasteiger partial charge >= 0.3 is 0 Å². The first kappa shape index (κ1) is 8.50. The Balaban J connectivity index is 3.32. The van der Waals surface area contributed by atoms with Crippen LogP contribution in [0.1, 0.15) is 5.56 Å². The van der Waals surface area contributed by atoms with Crippen molar-refractivity contribution in [1.82, 2.24) is 0 Å². The molecule has 0 bridgehead atoms. The van der Waals surface area contributed by atoms with Gasteiger partial charge < -0.3 is 0 Å². The van der Waals surface area contributed by atoms with Crippen LogP contribution in [0.3, 0.4) is 0 Å². The highest BCUT2D eigenvalue weighted by molar-refractivity contribution is 6.69. The Bertz CT molecular complexity index is 278. The van der Waals surface area contributed by atoms with E-state index < -0.39 is 5.82 Å². The molecule has 0 aliphatic rings. The van der Waals surface area contributed by atoms with Crippen LogP contribution in [0.5, 0.6) is 0 Å². The van der Waals surface area contributed by atoms with E-state index in [1.807, 2.05) is 0 Å². The molecular weight excluding hydrogens is 188 g/mol. The second-order valence-electron chi connectivity index (χ2n) is 1.91. The van der Waals surface area contributed by atoms with Gasteiger partial charge in [-0.3, -0.25) is 5.41 Å². The molecule has 0 saturated carbocycles. The summed E-state index contributed by atoms with van der Waals surface area (Å²) >= 11 is 10.8. The number of benzene rings is 1. The molecule has 1 aromatic carbocycles. The predicted octanol–water partition coefficient (Wildman–Crippen LogP) is 3.04. The molecule has 0 fully saturated rings. The molecule has 0 unspecified atom stereocenters. The molecule has 0 aliphatic heterocycles. The first-order valence-corrected chi connectivity index (χ1v) is 3.57. The topological polar surface area (TPSA) is 23.9 Å². The van der Waals surface area contributed by atoms with Crippen LogP contribution in [0.4, 0.5) is 4.39 Å². The minimum atomic E-state index is -0.572. The van der Waals surface area contributed by atoms with Crippen molar-refractivity contribution >= 4 is 28.4 Å². The summed E-state index contributed by atoms with van der Waals surface area (Å²) in [4.78, 5) is 0. The van der Waals surface area contributed by atoms with Crippen molar-refractivity contribution < 1.29 is 4.39 Å². The van der Waals surface area contributed by atoms with Gasteiger partial charge in [0.15, 0.2) is 0 Å². The normalized spacial score (nSPS) is 9.73. The fraction of sp³-hybridized carbons (Fsp3) is 0. The monoisotopic (exact) mass is 191 g/mol. The summed E-state index contributed by atoms with van der Waals surface area (Å²) in [6.45, 7) is 0. The van der Waals surface area contributed by atoms with Crippen LogP contribution in [-0.4, -0.2) is 5.17 Å². The molecule has 58 valence electrons. The highest BCUT2D eigenvalue weighted by atomic mass is 35.5. The van der Waals surface area contributed by atoms with Crippen molar-refractivity contribution in [3.63, 3.8) is 0 Å². The lowest BCUT2D eigenvalue weighted by atomic mass is 10.2. The first-order chi connectivity index (χ1) is 5.13. The van der Waals surface area contributed by atoms with Crippen LogP contribution in [0, 0.1) is 11.2 Å². The van der Waals surface area contributed by atoms with E-state index in [9.17, 15) is 4.39 Å². The summed E-state index contributed by atoms with van der Waals surface area (Å²) in [5.74, 6) is -0.572. The van der Waals surface area contributed by atoms with Crippen LogP contribution >= 0.6 is 23.2 Å². The Morgan fingerprint density at radius 1 is 1.45 bits per heavy atom. The molecule has 0 heterocycles. The van der Waals surface area contributed by atoms with Gasteiger partial charge in [0.25, 0.3) is 0 Å². The number of rotatable bonds is 1. The summed E-state index contributed by atoms with van der Waals surface area (Å²) in [5.41, 5.74) is -0.0455. The summed E-state index contributed by atoms with van der Waals surface area (Å²) in [6.07, 6.45) is 0. The Morgan fingerprint density at radius 2 is 2.09 bits per heavy atom. The second kappa shape index (κ2) is 3.20. The van der Waals surface area contributed by atoms with Crippen molar-refractivity contribution in [3.8, 4) is 0 Å². The fourth-order valence-electron chi connectivity index (χ4n) is 0.708. The molecule has 0 radical (unpaired) electrons. The van der Waals surface area contributed by atoms with Gasteiger partial charge in [0, 0.05) is 0 Å². The molecule has 4 heteroatoms. The molecule has 0 spiro atoms. The van der Waals surface area contributed by atoms with Crippen LogP contribution in [0.2, 0.25) is 5.02 Å². The van der Waals surface area contributed by atoms with Crippen LogP contribution in [-0.2, 0) is 0 Å². The van der Waals surface area contributed by atoms with Crippen molar-refractivity contribution in [2.75, 3.05) is 0 Å². The minimum absolute atomic E-state index is 0.0455. The maximum atomic E-state index is 12.8. The zero-order valence-corrected chi connectivity index (χ0v) is 6.88.